The highest BCUT2D eigenvalue weighted by atomic mass is 16.6. The van der Waals surface area contributed by atoms with Crippen LogP contribution in [0.3, 0.4) is 0 Å². The van der Waals surface area contributed by atoms with Crippen LogP contribution in [0.2, 0.25) is 0 Å². The van der Waals surface area contributed by atoms with Gasteiger partial charge in [-0.3, -0.25) is 4.79 Å². The highest BCUT2D eigenvalue weighted by molar-refractivity contribution is 5.91. The molecule has 0 amide bonds. The number of ketones is 1. The Morgan fingerprint density at radius 1 is 1.04 bits per heavy atom. The molecule has 5 fully saturated rings. The lowest BCUT2D eigenvalue weighted by molar-refractivity contribution is -0.152. The first-order valence-corrected chi connectivity index (χ1v) is 10.6. The van der Waals surface area contributed by atoms with Crippen molar-refractivity contribution in [2.45, 2.75) is 96.4 Å². The maximum Gasteiger partial charge on any atom is 0.165 e. The van der Waals surface area contributed by atoms with Crippen molar-refractivity contribution in [3.8, 4) is 0 Å². The Bertz CT molecular complexity index is 631. The molecule has 0 aromatic heterocycles. The number of fused-ring (bicyclic) bond motifs is 7. The summed E-state index contributed by atoms with van der Waals surface area (Å²) in [5.74, 6) is 3.13. The Balaban J connectivity index is 1.49. The van der Waals surface area contributed by atoms with E-state index in [0.717, 1.165) is 37.5 Å². The second kappa shape index (κ2) is 4.70. The standard InChI is InChI=1S/C22H34O3/c1-13(23)22-20(3)10-8-17-16(18(20)12-21(22,4)25-22)6-5-14-11-15(24)7-9-19(14,17)2/h14-18,24H,5-12H2,1-4H3/t14-,15-,16-,17+,18+,19-,20-,21+,22+/m0/s1. The van der Waals surface area contributed by atoms with Crippen molar-refractivity contribution in [2.75, 3.05) is 0 Å². The summed E-state index contributed by atoms with van der Waals surface area (Å²) in [7, 11) is 0. The van der Waals surface area contributed by atoms with Crippen LogP contribution in [0.15, 0.2) is 0 Å². The van der Waals surface area contributed by atoms with Gasteiger partial charge in [0.25, 0.3) is 0 Å². The van der Waals surface area contributed by atoms with E-state index in [1.165, 1.54) is 25.7 Å². The monoisotopic (exact) mass is 346 g/mol. The van der Waals surface area contributed by atoms with Crippen molar-refractivity contribution < 1.29 is 14.6 Å². The normalized spacial score (nSPS) is 62.4. The molecule has 5 aliphatic rings. The summed E-state index contributed by atoms with van der Waals surface area (Å²) in [4.78, 5) is 12.6. The molecule has 140 valence electrons. The van der Waals surface area contributed by atoms with Crippen LogP contribution in [-0.4, -0.2) is 28.2 Å². The summed E-state index contributed by atoms with van der Waals surface area (Å²) < 4.78 is 6.20. The molecule has 3 nitrogen and oxygen atoms in total. The van der Waals surface area contributed by atoms with Crippen LogP contribution in [0, 0.1) is 34.5 Å². The molecule has 1 aliphatic heterocycles. The zero-order chi connectivity index (χ0) is 17.8. The van der Waals surface area contributed by atoms with Crippen molar-refractivity contribution in [1.29, 1.82) is 0 Å². The molecule has 0 aromatic carbocycles. The number of hydrogen-bond acceptors (Lipinski definition) is 3. The van der Waals surface area contributed by atoms with E-state index in [1.54, 1.807) is 6.92 Å². The molecule has 0 unspecified atom stereocenters. The van der Waals surface area contributed by atoms with E-state index in [4.69, 9.17) is 4.74 Å². The molecule has 1 saturated heterocycles. The number of Topliss-reactive ketones (excluding diaryl/α,β-unsaturated/α-hetero) is 1. The van der Waals surface area contributed by atoms with Crippen molar-refractivity contribution in [3.05, 3.63) is 0 Å². The number of carbonyl (C=O) groups excluding carboxylic acids is 1. The van der Waals surface area contributed by atoms with E-state index < -0.39 is 5.60 Å². The smallest absolute Gasteiger partial charge is 0.165 e. The lowest BCUT2D eigenvalue weighted by Crippen LogP contribution is -2.56. The quantitative estimate of drug-likeness (QED) is 0.727. The summed E-state index contributed by atoms with van der Waals surface area (Å²) in [5.41, 5.74) is -0.253. The van der Waals surface area contributed by atoms with Gasteiger partial charge in [-0.15, -0.1) is 0 Å². The van der Waals surface area contributed by atoms with Gasteiger partial charge in [-0.1, -0.05) is 13.8 Å². The molecule has 4 saturated carbocycles. The van der Waals surface area contributed by atoms with Gasteiger partial charge in [-0.05, 0) is 94.3 Å². The maximum absolute atomic E-state index is 12.6. The van der Waals surface area contributed by atoms with Gasteiger partial charge in [0, 0.05) is 5.41 Å². The molecule has 4 aliphatic carbocycles. The fraction of sp³-hybridized carbons (Fsp3) is 0.955. The molecular formula is C22H34O3. The van der Waals surface area contributed by atoms with Crippen molar-refractivity contribution in [2.24, 2.45) is 34.5 Å². The summed E-state index contributed by atoms with van der Waals surface area (Å²) in [6, 6.07) is 0. The van der Waals surface area contributed by atoms with Crippen LogP contribution in [0.4, 0.5) is 0 Å². The Labute approximate surface area is 151 Å². The van der Waals surface area contributed by atoms with Crippen molar-refractivity contribution >= 4 is 5.78 Å². The fourth-order valence-electron chi connectivity index (χ4n) is 8.85. The van der Waals surface area contributed by atoms with Gasteiger partial charge in [0.2, 0.25) is 0 Å². The lowest BCUT2D eigenvalue weighted by atomic mass is 9.44. The molecule has 0 bridgehead atoms. The molecule has 25 heavy (non-hydrogen) atoms. The molecule has 5 rings (SSSR count). The summed E-state index contributed by atoms with van der Waals surface area (Å²) in [5, 5.41) is 10.2. The Morgan fingerprint density at radius 3 is 2.52 bits per heavy atom. The number of aliphatic hydroxyl groups excluding tert-OH is 1. The SMILES string of the molecule is CC(=O)[C@]12O[C@]1(C)C[C@@H]1[C@H]3CC[C@H]4C[C@@H](O)CC[C@]4(C)[C@@H]3CC[C@@]12C. The minimum Gasteiger partial charge on any atom is -0.393 e. The van der Waals surface area contributed by atoms with Gasteiger partial charge in [-0.2, -0.15) is 0 Å². The predicted octanol–water partition coefficient (Wildman–Crippen LogP) is 4.12. The minimum atomic E-state index is -0.490. The second-order valence-electron chi connectivity index (χ2n) is 10.8. The number of ether oxygens (including phenoxy) is 1. The van der Waals surface area contributed by atoms with Crippen LogP contribution >= 0.6 is 0 Å². The van der Waals surface area contributed by atoms with Gasteiger partial charge in [0.1, 0.15) is 5.60 Å². The average molecular weight is 347 g/mol. The zero-order valence-corrected chi connectivity index (χ0v) is 16.3. The first-order chi connectivity index (χ1) is 11.7. The van der Waals surface area contributed by atoms with Crippen molar-refractivity contribution in [3.63, 3.8) is 0 Å². The summed E-state index contributed by atoms with van der Waals surface area (Å²) in [6.07, 6.45) is 9.14. The topological polar surface area (TPSA) is 49.8 Å². The molecular weight excluding hydrogens is 312 g/mol. The predicted molar refractivity (Wildman–Crippen MR) is 96.0 cm³/mol. The fourth-order valence-corrected chi connectivity index (χ4v) is 8.85. The Morgan fingerprint density at radius 2 is 1.80 bits per heavy atom. The number of aliphatic hydroxyl groups is 1. The molecule has 3 heteroatoms. The van der Waals surface area contributed by atoms with Crippen LogP contribution in [-0.2, 0) is 9.53 Å². The van der Waals surface area contributed by atoms with Crippen LogP contribution in [0.1, 0.15) is 79.1 Å². The molecule has 1 N–H and O–H groups in total. The minimum absolute atomic E-state index is 0.0339. The summed E-state index contributed by atoms with van der Waals surface area (Å²) >= 11 is 0. The number of hydrogen-bond donors (Lipinski definition) is 1. The number of carbonyl (C=O) groups is 1. The molecule has 0 aromatic rings. The van der Waals surface area contributed by atoms with Crippen molar-refractivity contribution in [1.82, 2.24) is 0 Å². The van der Waals surface area contributed by atoms with E-state index >= 15 is 0 Å². The molecule has 0 spiro atoms. The van der Waals surface area contributed by atoms with E-state index in [2.05, 4.69) is 20.8 Å². The highest BCUT2D eigenvalue weighted by Gasteiger charge is 2.85. The van der Waals surface area contributed by atoms with Crippen LogP contribution in [0.5, 0.6) is 0 Å². The van der Waals surface area contributed by atoms with E-state index in [1.807, 2.05) is 0 Å². The zero-order valence-electron chi connectivity index (χ0n) is 16.3. The highest BCUT2D eigenvalue weighted by Crippen LogP contribution is 2.77. The van der Waals surface area contributed by atoms with Gasteiger partial charge in [0.15, 0.2) is 11.4 Å². The van der Waals surface area contributed by atoms with E-state index in [9.17, 15) is 9.90 Å². The number of rotatable bonds is 1. The van der Waals surface area contributed by atoms with Gasteiger partial charge < -0.3 is 9.84 Å². The Hall–Kier alpha value is -0.410. The molecule has 1 heterocycles. The first-order valence-electron chi connectivity index (χ1n) is 10.6. The maximum atomic E-state index is 12.6. The number of epoxide rings is 1. The second-order valence-corrected chi connectivity index (χ2v) is 10.8. The summed E-state index contributed by atoms with van der Waals surface area (Å²) in [6.45, 7) is 8.84. The van der Waals surface area contributed by atoms with Crippen LogP contribution in [0.25, 0.3) is 0 Å². The van der Waals surface area contributed by atoms with Gasteiger partial charge >= 0.3 is 0 Å². The first kappa shape index (κ1) is 16.7. The third-order valence-corrected chi connectivity index (χ3v) is 10.0. The molecule has 0 radical (unpaired) electrons. The van der Waals surface area contributed by atoms with Crippen LogP contribution < -0.4 is 0 Å². The third kappa shape index (κ3) is 1.74. The van der Waals surface area contributed by atoms with E-state index in [0.29, 0.717) is 17.3 Å². The third-order valence-electron chi connectivity index (χ3n) is 10.0. The molecule has 9 atom stereocenters. The largest absolute Gasteiger partial charge is 0.393 e. The van der Waals surface area contributed by atoms with E-state index in [-0.39, 0.29) is 22.9 Å². The lowest BCUT2D eigenvalue weighted by Gasteiger charge is -2.61. The Kier molecular flexibility index (Phi) is 3.15. The van der Waals surface area contributed by atoms with Gasteiger partial charge in [-0.25, -0.2) is 0 Å². The van der Waals surface area contributed by atoms with Gasteiger partial charge in [0.05, 0.1) is 6.10 Å². The average Bonchev–Trinajstić information content (AvgIpc) is 3.13.